The van der Waals surface area contributed by atoms with Gasteiger partial charge in [0.15, 0.2) is 0 Å². The number of aromatic nitrogens is 1. The second-order valence-corrected chi connectivity index (χ2v) is 6.05. The maximum absolute atomic E-state index is 9.58. The van der Waals surface area contributed by atoms with Crippen molar-refractivity contribution < 1.29 is 14.4 Å². The molecule has 1 aromatic heterocycles. The SMILES string of the molecule is CC1(C)OB(C(=Cc2ccc(C#N)cn2)CO)OC1(C)C. The van der Waals surface area contributed by atoms with E-state index in [0.29, 0.717) is 16.7 Å². The number of aliphatic hydroxyl groups is 1. The smallest absolute Gasteiger partial charge is 0.400 e. The second-order valence-electron chi connectivity index (χ2n) is 6.05. The normalized spacial score (nSPS) is 20.4. The Morgan fingerprint density at radius 3 is 2.38 bits per heavy atom. The van der Waals surface area contributed by atoms with Crippen LogP contribution in [0.3, 0.4) is 0 Å². The van der Waals surface area contributed by atoms with Crippen molar-refractivity contribution in [1.82, 2.24) is 4.98 Å². The summed E-state index contributed by atoms with van der Waals surface area (Å²) in [4.78, 5) is 4.16. The molecule has 0 aromatic carbocycles. The summed E-state index contributed by atoms with van der Waals surface area (Å²) in [5.41, 5.74) is 0.834. The number of nitrogens with zero attached hydrogens (tertiary/aromatic N) is 2. The Morgan fingerprint density at radius 2 is 1.95 bits per heavy atom. The van der Waals surface area contributed by atoms with Gasteiger partial charge in [0.25, 0.3) is 0 Å². The summed E-state index contributed by atoms with van der Waals surface area (Å²) >= 11 is 0. The van der Waals surface area contributed by atoms with E-state index in [4.69, 9.17) is 14.6 Å². The Balaban J connectivity index is 2.24. The lowest BCUT2D eigenvalue weighted by Crippen LogP contribution is -2.41. The molecule has 1 fully saturated rings. The van der Waals surface area contributed by atoms with E-state index in [-0.39, 0.29) is 6.61 Å². The van der Waals surface area contributed by atoms with Crippen LogP contribution in [0.1, 0.15) is 39.0 Å². The Labute approximate surface area is 125 Å². The van der Waals surface area contributed by atoms with Crippen molar-refractivity contribution in [3.63, 3.8) is 0 Å². The molecule has 0 amide bonds. The largest absolute Gasteiger partial charge is 0.492 e. The molecule has 0 radical (unpaired) electrons. The first kappa shape index (κ1) is 15.7. The average molecular weight is 286 g/mol. The molecule has 1 N–H and O–H groups in total. The summed E-state index contributed by atoms with van der Waals surface area (Å²) in [5.74, 6) is 0. The fourth-order valence-electron chi connectivity index (χ4n) is 1.93. The minimum absolute atomic E-state index is 0.182. The van der Waals surface area contributed by atoms with Crippen LogP contribution in [0, 0.1) is 11.3 Å². The predicted molar refractivity (Wildman–Crippen MR) is 80.1 cm³/mol. The van der Waals surface area contributed by atoms with Crippen molar-refractivity contribution >= 4 is 13.2 Å². The fraction of sp³-hybridized carbons (Fsp3) is 0.467. The van der Waals surface area contributed by atoms with Gasteiger partial charge in [0.05, 0.1) is 29.1 Å². The molecule has 1 saturated heterocycles. The van der Waals surface area contributed by atoms with Crippen LogP contribution in [0.15, 0.2) is 23.8 Å². The van der Waals surface area contributed by atoms with Crippen LogP contribution < -0.4 is 0 Å². The maximum Gasteiger partial charge on any atom is 0.492 e. The number of nitriles is 1. The number of hydrogen-bond acceptors (Lipinski definition) is 5. The van der Waals surface area contributed by atoms with E-state index in [2.05, 4.69) is 4.98 Å². The van der Waals surface area contributed by atoms with Crippen LogP contribution in [0.25, 0.3) is 6.08 Å². The first-order chi connectivity index (χ1) is 9.79. The molecule has 0 bridgehead atoms. The van der Waals surface area contributed by atoms with Gasteiger partial charge in [-0.05, 0) is 51.4 Å². The van der Waals surface area contributed by atoms with Gasteiger partial charge in [0, 0.05) is 6.20 Å². The summed E-state index contributed by atoms with van der Waals surface area (Å²) < 4.78 is 11.8. The molecule has 0 unspecified atom stereocenters. The zero-order chi connectivity index (χ0) is 15.7. The lowest BCUT2D eigenvalue weighted by atomic mass is 9.78. The van der Waals surface area contributed by atoms with E-state index in [1.54, 1.807) is 18.2 Å². The summed E-state index contributed by atoms with van der Waals surface area (Å²) in [7, 11) is -0.600. The zero-order valence-corrected chi connectivity index (χ0v) is 12.8. The highest BCUT2D eigenvalue weighted by Crippen LogP contribution is 2.38. The fourth-order valence-corrected chi connectivity index (χ4v) is 1.93. The number of hydrogen-bond donors (Lipinski definition) is 1. The van der Waals surface area contributed by atoms with Gasteiger partial charge < -0.3 is 14.4 Å². The van der Waals surface area contributed by atoms with E-state index < -0.39 is 18.3 Å². The van der Waals surface area contributed by atoms with E-state index in [0.717, 1.165) is 0 Å². The zero-order valence-electron chi connectivity index (χ0n) is 12.8. The van der Waals surface area contributed by atoms with Crippen LogP contribution >= 0.6 is 0 Å². The van der Waals surface area contributed by atoms with E-state index in [1.165, 1.54) is 6.20 Å². The lowest BCUT2D eigenvalue weighted by molar-refractivity contribution is 0.00578. The molecule has 1 aliphatic rings. The van der Waals surface area contributed by atoms with Gasteiger partial charge in [0.2, 0.25) is 0 Å². The van der Waals surface area contributed by atoms with E-state index in [9.17, 15) is 5.11 Å². The van der Waals surface area contributed by atoms with Crippen molar-refractivity contribution in [2.24, 2.45) is 0 Å². The highest BCUT2D eigenvalue weighted by Gasteiger charge is 2.52. The van der Waals surface area contributed by atoms with Gasteiger partial charge in [-0.2, -0.15) is 5.26 Å². The van der Waals surface area contributed by atoms with Gasteiger partial charge in [-0.1, -0.05) is 0 Å². The first-order valence-electron chi connectivity index (χ1n) is 6.82. The van der Waals surface area contributed by atoms with Crippen molar-refractivity contribution in [3.05, 3.63) is 35.1 Å². The van der Waals surface area contributed by atoms with Crippen LogP contribution in [0.4, 0.5) is 0 Å². The molecule has 1 aliphatic heterocycles. The summed E-state index contributed by atoms with van der Waals surface area (Å²) in [6.07, 6.45) is 3.22. The Bertz CT molecular complexity index is 572. The standard InChI is InChI=1S/C15H19BN2O3/c1-14(2)15(3,4)21-16(20-14)12(10-19)7-13-6-5-11(8-17)9-18-13/h5-7,9,19H,10H2,1-4H3. The van der Waals surface area contributed by atoms with Crippen LogP contribution in [-0.2, 0) is 9.31 Å². The third kappa shape index (κ3) is 3.16. The highest BCUT2D eigenvalue weighted by atomic mass is 16.7. The minimum atomic E-state index is -0.600. The van der Waals surface area contributed by atoms with Crippen LogP contribution in [-0.4, -0.2) is 35.0 Å². The molecule has 0 atom stereocenters. The lowest BCUT2D eigenvalue weighted by Gasteiger charge is -2.32. The molecule has 21 heavy (non-hydrogen) atoms. The van der Waals surface area contributed by atoms with Gasteiger partial charge in [-0.15, -0.1) is 0 Å². The first-order valence-corrected chi connectivity index (χ1v) is 6.82. The van der Waals surface area contributed by atoms with Crippen molar-refractivity contribution in [2.75, 3.05) is 6.61 Å². The molecule has 110 valence electrons. The quantitative estimate of drug-likeness (QED) is 0.860. The average Bonchev–Trinajstić information content (AvgIpc) is 2.65. The van der Waals surface area contributed by atoms with Gasteiger partial charge >= 0.3 is 7.12 Å². The number of rotatable bonds is 3. The monoisotopic (exact) mass is 286 g/mol. The Morgan fingerprint density at radius 1 is 1.33 bits per heavy atom. The molecule has 0 saturated carbocycles. The van der Waals surface area contributed by atoms with Crippen molar-refractivity contribution in [3.8, 4) is 6.07 Å². The number of pyridine rings is 1. The third-order valence-corrected chi connectivity index (χ3v) is 3.99. The van der Waals surface area contributed by atoms with Gasteiger partial charge in [-0.25, -0.2) is 0 Å². The Hall–Kier alpha value is -1.68. The summed E-state index contributed by atoms with van der Waals surface area (Å²) in [6, 6.07) is 5.42. The molecule has 2 rings (SSSR count). The third-order valence-electron chi connectivity index (χ3n) is 3.99. The number of aliphatic hydroxyl groups excluding tert-OH is 1. The van der Waals surface area contributed by atoms with Gasteiger partial charge in [0.1, 0.15) is 6.07 Å². The van der Waals surface area contributed by atoms with Crippen molar-refractivity contribution in [2.45, 2.75) is 38.9 Å². The molecule has 6 heteroatoms. The molecule has 0 spiro atoms. The molecule has 0 aliphatic carbocycles. The molecular formula is C15H19BN2O3. The summed E-state index contributed by atoms with van der Waals surface area (Å²) in [5, 5.41) is 18.3. The summed E-state index contributed by atoms with van der Waals surface area (Å²) in [6.45, 7) is 7.66. The molecule has 1 aromatic rings. The molecule has 5 nitrogen and oxygen atoms in total. The predicted octanol–water partition coefficient (Wildman–Crippen LogP) is 1.96. The van der Waals surface area contributed by atoms with Crippen molar-refractivity contribution in [1.29, 1.82) is 5.26 Å². The molecular weight excluding hydrogens is 267 g/mol. The van der Waals surface area contributed by atoms with Gasteiger partial charge in [-0.3, -0.25) is 4.98 Å². The maximum atomic E-state index is 9.58. The molecule has 2 heterocycles. The minimum Gasteiger partial charge on any atom is -0.400 e. The topological polar surface area (TPSA) is 75.4 Å². The Kier molecular flexibility index (Phi) is 4.19. The highest BCUT2D eigenvalue weighted by molar-refractivity contribution is 6.55. The van der Waals surface area contributed by atoms with E-state index in [1.807, 2.05) is 33.8 Å². The van der Waals surface area contributed by atoms with E-state index >= 15 is 0 Å². The second kappa shape index (κ2) is 5.61. The van der Waals surface area contributed by atoms with Crippen LogP contribution in [0.2, 0.25) is 0 Å². The van der Waals surface area contributed by atoms with Crippen LogP contribution in [0.5, 0.6) is 0 Å².